The van der Waals surface area contributed by atoms with E-state index in [1.54, 1.807) is 24.3 Å². The molecule has 0 saturated carbocycles. The van der Waals surface area contributed by atoms with Crippen LogP contribution in [0, 0.1) is 0 Å². The first-order valence-electron chi connectivity index (χ1n) is 11.6. The van der Waals surface area contributed by atoms with Crippen LogP contribution in [0.25, 0.3) is 0 Å². The van der Waals surface area contributed by atoms with E-state index in [2.05, 4.69) is 4.72 Å². The fourth-order valence-corrected chi connectivity index (χ4v) is 5.33. The van der Waals surface area contributed by atoms with Crippen LogP contribution in [0.2, 0.25) is 5.02 Å². The Bertz CT molecular complexity index is 1170. The van der Waals surface area contributed by atoms with Crippen LogP contribution in [0.4, 0.5) is 0 Å². The molecule has 194 valence electrons. The van der Waals surface area contributed by atoms with Crippen molar-refractivity contribution >= 4 is 39.3 Å². The molecule has 9 nitrogen and oxygen atoms in total. The summed E-state index contributed by atoms with van der Waals surface area (Å²) < 4.78 is 33.3. The first-order chi connectivity index (χ1) is 17.2. The van der Waals surface area contributed by atoms with Crippen LogP contribution < -0.4 is 4.72 Å². The van der Waals surface area contributed by atoms with Gasteiger partial charge in [0.1, 0.15) is 0 Å². The number of ketones is 1. The average Bonchev–Trinajstić information content (AvgIpc) is 2.85. The number of carboxylic acid groups (broad SMARTS) is 1. The lowest BCUT2D eigenvalue weighted by molar-refractivity contribution is -0.143. The number of likely N-dealkylation sites (tertiary alicyclic amines) is 1. The lowest BCUT2D eigenvalue weighted by Crippen LogP contribution is -2.59. The minimum atomic E-state index is -3.77. The number of hydrogen-bond acceptors (Lipinski definition) is 6. The minimum absolute atomic E-state index is 0.00220. The van der Waals surface area contributed by atoms with Crippen molar-refractivity contribution in [2.75, 3.05) is 19.8 Å². The van der Waals surface area contributed by atoms with E-state index in [1.807, 2.05) is 0 Å². The first-order valence-corrected chi connectivity index (χ1v) is 13.6. The minimum Gasteiger partial charge on any atom is -0.478 e. The maximum Gasteiger partial charge on any atom is 0.335 e. The van der Waals surface area contributed by atoms with E-state index in [0.717, 1.165) is 19.3 Å². The van der Waals surface area contributed by atoms with E-state index >= 15 is 0 Å². The van der Waals surface area contributed by atoms with E-state index in [-0.39, 0.29) is 43.4 Å². The second-order valence-corrected chi connectivity index (χ2v) is 10.8. The van der Waals surface area contributed by atoms with Crippen molar-refractivity contribution in [3.63, 3.8) is 0 Å². The van der Waals surface area contributed by atoms with Gasteiger partial charge in [0.15, 0.2) is 11.2 Å². The van der Waals surface area contributed by atoms with Crippen molar-refractivity contribution in [1.82, 2.24) is 9.62 Å². The van der Waals surface area contributed by atoms with Gasteiger partial charge in [0, 0.05) is 36.7 Å². The Balaban J connectivity index is 1.31. The van der Waals surface area contributed by atoms with Gasteiger partial charge in [-0.15, -0.1) is 0 Å². The zero-order valence-corrected chi connectivity index (χ0v) is 21.3. The van der Waals surface area contributed by atoms with Crippen LogP contribution in [0.1, 0.15) is 58.4 Å². The summed E-state index contributed by atoms with van der Waals surface area (Å²) in [5.74, 6) is -1.24. The van der Waals surface area contributed by atoms with Crippen molar-refractivity contribution < 1.29 is 32.6 Å². The Labute approximate surface area is 215 Å². The van der Waals surface area contributed by atoms with Crippen molar-refractivity contribution in [3.8, 4) is 0 Å². The van der Waals surface area contributed by atoms with Crippen LogP contribution in [-0.2, 0) is 26.1 Å². The van der Waals surface area contributed by atoms with Crippen LogP contribution >= 0.6 is 11.6 Å². The first kappa shape index (κ1) is 27.8. The molecule has 0 aromatic heterocycles. The van der Waals surface area contributed by atoms with Crippen molar-refractivity contribution in [2.45, 2.75) is 44.0 Å². The number of nitrogens with zero attached hydrogens (tertiary/aromatic N) is 1. The number of aromatic carboxylic acids is 1. The number of carbonyl (C=O) groups is 3. The third kappa shape index (κ3) is 7.86. The third-order valence-electron chi connectivity index (χ3n) is 5.89. The SMILES string of the molecule is O=C(O)c1ccc(CNS(=O)(=O)C2CC(=O)N2CCOCCCCCC(=O)c2ccc(Cl)cc2)cc1. The fraction of sp³-hybridized carbons (Fsp3) is 0.400. The number of hydrogen-bond donors (Lipinski definition) is 2. The fourth-order valence-electron chi connectivity index (χ4n) is 3.73. The standard InChI is InChI=1S/C25H29ClN2O7S/c26-21-11-9-19(10-12-21)22(29)4-2-1-3-14-35-15-13-28-23(30)16-24(28)36(33,34)27-17-18-5-7-20(8-6-18)25(31)32/h5-12,24,27H,1-4,13-17H2,(H,31,32). The number of nitrogens with one attached hydrogen (secondary N) is 1. The Morgan fingerprint density at radius 1 is 1.00 bits per heavy atom. The number of amides is 1. The van der Waals surface area contributed by atoms with Crippen LogP contribution in [0.15, 0.2) is 48.5 Å². The molecule has 11 heteroatoms. The molecule has 2 N–H and O–H groups in total. The molecule has 2 aromatic carbocycles. The van der Waals surface area contributed by atoms with Gasteiger partial charge in [-0.3, -0.25) is 9.59 Å². The Morgan fingerprint density at radius 2 is 1.67 bits per heavy atom. The molecular formula is C25H29ClN2O7S. The predicted octanol–water partition coefficient (Wildman–Crippen LogP) is 3.48. The van der Waals surface area contributed by atoms with E-state index in [1.165, 1.54) is 29.2 Å². The van der Waals surface area contributed by atoms with Crippen molar-refractivity contribution in [1.29, 1.82) is 0 Å². The van der Waals surface area contributed by atoms with Gasteiger partial charge in [-0.1, -0.05) is 30.2 Å². The summed E-state index contributed by atoms with van der Waals surface area (Å²) in [4.78, 5) is 36.3. The topological polar surface area (TPSA) is 130 Å². The average molecular weight is 537 g/mol. The molecule has 1 atom stereocenters. The highest BCUT2D eigenvalue weighted by Gasteiger charge is 2.44. The highest BCUT2D eigenvalue weighted by Crippen LogP contribution is 2.23. The van der Waals surface area contributed by atoms with Gasteiger partial charge in [-0.2, -0.15) is 0 Å². The molecule has 1 aliphatic heterocycles. The number of Topliss-reactive ketones (excluding diaryl/α,β-unsaturated/α-hetero) is 1. The summed E-state index contributed by atoms with van der Waals surface area (Å²) >= 11 is 5.83. The number of rotatable bonds is 15. The van der Waals surface area contributed by atoms with Crippen LogP contribution in [-0.4, -0.2) is 61.2 Å². The summed E-state index contributed by atoms with van der Waals surface area (Å²) in [6.45, 7) is 0.849. The molecule has 1 saturated heterocycles. The summed E-state index contributed by atoms with van der Waals surface area (Å²) in [5.41, 5.74) is 1.37. The molecule has 0 radical (unpaired) electrons. The van der Waals surface area contributed by atoms with Gasteiger partial charge < -0.3 is 14.7 Å². The molecule has 0 aliphatic carbocycles. The van der Waals surface area contributed by atoms with Gasteiger partial charge in [-0.25, -0.2) is 17.9 Å². The number of carboxylic acids is 1. The molecule has 1 amide bonds. The second kappa shape index (κ2) is 13.0. The van der Waals surface area contributed by atoms with Gasteiger partial charge in [0.05, 0.1) is 18.6 Å². The number of β-lactam (4-membered cyclic amide) rings is 1. The molecule has 1 unspecified atom stereocenters. The van der Waals surface area contributed by atoms with E-state index in [9.17, 15) is 22.8 Å². The van der Waals surface area contributed by atoms with E-state index in [4.69, 9.17) is 21.4 Å². The maximum absolute atomic E-state index is 12.6. The molecular weight excluding hydrogens is 508 g/mol. The quantitative estimate of drug-likeness (QED) is 0.202. The summed E-state index contributed by atoms with van der Waals surface area (Å²) in [6.07, 6.45) is 2.66. The lowest BCUT2D eigenvalue weighted by Gasteiger charge is -2.39. The number of benzene rings is 2. The molecule has 1 fully saturated rings. The number of ether oxygens (including phenoxy) is 1. The van der Waals surface area contributed by atoms with Crippen LogP contribution in [0.3, 0.4) is 0 Å². The highest BCUT2D eigenvalue weighted by atomic mass is 35.5. The van der Waals surface area contributed by atoms with Gasteiger partial charge >= 0.3 is 5.97 Å². The Kier molecular flexibility index (Phi) is 10.0. The van der Waals surface area contributed by atoms with Crippen molar-refractivity contribution in [3.05, 3.63) is 70.2 Å². The Morgan fingerprint density at radius 3 is 2.31 bits per heavy atom. The predicted molar refractivity (Wildman–Crippen MR) is 134 cm³/mol. The van der Waals surface area contributed by atoms with Gasteiger partial charge in [0.2, 0.25) is 15.9 Å². The molecule has 0 bridgehead atoms. The number of unbranched alkanes of at least 4 members (excludes halogenated alkanes) is 2. The molecule has 3 rings (SSSR count). The van der Waals surface area contributed by atoms with E-state index in [0.29, 0.717) is 29.2 Å². The zero-order chi connectivity index (χ0) is 26.1. The monoisotopic (exact) mass is 536 g/mol. The highest BCUT2D eigenvalue weighted by molar-refractivity contribution is 7.90. The summed E-state index contributed by atoms with van der Waals surface area (Å²) in [7, 11) is -3.77. The van der Waals surface area contributed by atoms with Gasteiger partial charge in [0.25, 0.3) is 0 Å². The molecule has 0 spiro atoms. The Hall–Kier alpha value is -2.79. The molecule has 1 aliphatic rings. The van der Waals surface area contributed by atoms with Crippen LogP contribution in [0.5, 0.6) is 0 Å². The van der Waals surface area contributed by atoms with Crippen molar-refractivity contribution in [2.24, 2.45) is 0 Å². The second-order valence-electron chi connectivity index (χ2n) is 8.47. The summed E-state index contributed by atoms with van der Waals surface area (Å²) in [6, 6.07) is 12.7. The zero-order valence-electron chi connectivity index (χ0n) is 19.7. The number of carbonyl (C=O) groups excluding carboxylic acids is 2. The normalized spacial score (nSPS) is 15.5. The summed E-state index contributed by atoms with van der Waals surface area (Å²) in [5, 5.41) is 8.57. The van der Waals surface area contributed by atoms with E-state index < -0.39 is 21.4 Å². The third-order valence-corrected chi connectivity index (χ3v) is 7.83. The van der Waals surface area contributed by atoms with Gasteiger partial charge in [-0.05, 0) is 54.8 Å². The number of sulfonamides is 1. The smallest absolute Gasteiger partial charge is 0.335 e. The number of halogens is 1. The largest absolute Gasteiger partial charge is 0.478 e. The molecule has 1 heterocycles. The maximum atomic E-state index is 12.6. The molecule has 36 heavy (non-hydrogen) atoms. The molecule has 2 aromatic rings. The lowest BCUT2D eigenvalue weighted by atomic mass is 10.1.